The smallest absolute Gasteiger partial charge is 0.550 e. The fraction of sp³-hybridized carbons (Fsp3) is 0.556. The van der Waals surface area contributed by atoms with Crippen molar-refractivity contribution >= 4 is 49.7 Å². The van der Waals surface area contributed by atoms with Gasteiger partial charge in [-0.1, -0.05) is 11.6 Å². The second-order valence-electron chi connectivity index (χ2n) is 3.34. The van der Waals surface area contributed by atoms with Crippen LogP contribution in [0, 0.1) is 11.8 Å². The van der Waals surface area contributed by atoms with Crippen LogP contribution >= 0.6 is 0 Å². The number of aliphatic carboxylic acids is 2. The third-order valence-electron chi connectivity index (χ3n) is 2.35. The van der Waals surface area contributed by atoms with Gasteiger partial charge in [-0.15, -0.1) is 0 Å². The van der Waals surface area contributed by atoms with Crippen molar-refractivity contribution in [2.45, 2.75) is 19.8 Å². The summed E-state index contributed by atoms with van der Waals surface area (Å²) in [4.78, 5) is 21.1. The van der Waals surface area contributed by atoms with Crippen LogP contribution in [-0.2, 0) is 9.59 Å². The Hall–Kier alpha value is -0.0603. The average molecular weight is 222 g/mol. The van der Waals surface area contributed by atoms with E-state index in [0.717, 1.165) is 5.57 Å². The number of carbonyl (C=O) groups is 2. The zero-order valence-electron chi connectivity index (χ0n) is 7.99. The normalized spacial score (nSPS) is 25.9. The van der Waals surface area contributed by atoms with Crippen LogP contribution in [0.4, 0.5) is 0 Å². The van der Waals surface area contributed by atoms with Crippen molar-refractivity contribution < 1.29 is 19.8 Å². The topological polar surface area (TPSA) is 80.3 Å². The third-order valence-corrected chi connectivity index (χ3v) is 2.35. The summed E-state index contributed by atoms with van der Waals surface area (Å²) in [7, 11) is 0. The minimum absolute atomic E-state index is 0. The molecule has 4 nitrogen and oxygen atoms in total. The van der Waals surface area contributed by atoms with E-state index >= 15 is 0 Å². The quantitative estimate of drug-likeness (QED) is 0.403. The summed E-state index contributed by atoms with van der Waals surface area (Å²) in [6.45, 7) is 1.78. The molecule has 2 atom stereocenters. The molecule has 5 heteroatoms. The van der Waals surface area contributed by atoms with Crippen molar-refractivity contribution in [3.05, 3.63) is 11.6 Å². The van der Waals surface area contributed by atoms with Crippen LogP contribution in [0.3, 0.4) is 0 Å². The molecule has 14 heavy (non-hydrogen) atoms. The van der Waals surface area contributed by atoms with Crippen LogP contribution < -0.4 is 10.2 Å². The molecule has 0 N–H and O–H groups in total. The van der Waals surface area contributed by atoms with Crippen molar-refractivity contribution in [2.24, 2.45) is 11.8 Å². The summed E-state index contributed by atoms with van der Waals surface area (Å²) in [6, 6.07) is 0. The first-order valence-electron chi connectivity index (χ1n) is 4.09. The second-order valence-corrected chi connectivity index (χ2v) is 3.34. The second kappa shape index (κ2) is 5.73. The van der Waals surface area contributed by atoms with Gasteiger partial charge < -0.3 is 19.8 Å². The zero-order valence-corrected chi connectivity index (χ0v) is 10.2. The Morgan fingerprint density at radius 2 is 1.79 bits per heavy atom. The summed E-state index contributed by atoms with van der Waals surface area (Å²) < 4.78 is 0. The van der Waals surface area contributed by atoms with Crippen LogP contribution in [-0.4, -0.2) is 49.7 Å². The SMILES string of the molecule is CC1=CCC(C(=O)[O-])C(C(=O)[O-])C1.[Ca+2]. The first kappa shape index (κ1) is 13.9. The van der Waals surface area contributed by atoms with Crippen molar-refractivity contribution in [3.8, 4) is 0 Å². The van der Waals surface area contributed by atoms with Gasteiger partial charge in [0.05, 0.1) is 0 Å². The Kier molecular flexibility index (Phi) is 5.71. The molecule has 0 fully saturated rings. The number of hydrogen-bond acceptors (Lipinski definition) is 4. The molecule has 0 amide bonds. The van der Waals surface area contributed by atoms with Gasteiger partial charge in [0.25, 0.3) is 0 Å². The minimum atomic E-state index is -1.31. The Morgan fingerprint density at radius 3 is 2.21 bits per heavy atom. The van der Waals surface area contributed by atoms with E-state index in [2.05, 4.69) is 0 Å². The molecule has 0 spiro atoms. The van der Waals surface area contributed by atoms with Crippen LogP contribution in [0.2, 0.25) is 0 Å². The molecule has 2 unspecified atom stereocenters. The molecule has 0 bridgehead atoms. The number of carbonyl (C=O) groups excluding carboxylic acids is 2. The van der Waals surface area contributed by atoms with Crippen LogP contribution in [0.25, 0.3) is 0 Å². The number of carboxylic acids is 2. The van der Waals surface area contributed by atoms with Gasteiger partial charge in [-0.3, -0.25) is 0 Å². The first-order valence-corrected chi connectivity index (χ1v) is 4.09. The predicted octanol–water partition coefficient (Wildman–Crippen LogP) is -1.92. The summed E-state index contributed by atoms with van der Waals surface area (Å²) >= 11 is 0. The Balaban J connectivity index is 0.00000169. The van der Waals surface area contributed by atoms with Crippen molar-refractivity contribution in [2.75, 3.05) is 0 Å². The maximum Gasteiger partial charge on any atom is 2.00 e. The van der Waals surface area contributed by atoms with Gasteiger partial charge >= 0.3 is 37.7 Å². The van der Waals surface area contributed by atoms with Gasteiger partial charge in [-0.25, -0.2) is 0 Å². The van der Waals surface area contributed by atoms with Crippen LogP contribution in [0.5, 0.6) is 0 Å². The van der Waals surface area contributed by atoms with E-state index in [-0.39, 0.29) is 50.6 Å². The molecule has 1 rings (SSSR count). The molecule has 1 aliphatic rings. The maximum absolute atomic E-state index is 10.6. The average Bonchev–Trinajstić information content (AvgIpc) is 2.03. The van der Waals surface area contributed by atoms with E-state index in [1.807, 2.05) is 0 Å². The monoisotopic (exact) mass is 222 g/mol. The molecule has 0 heterocycles. The van der Waals surface area contributed by atoms with Gasteiger partial charge in [0, 0.05) is 23.8 Å². The molecule has 0 saturated heterocycles. The standard InChI is InChI=1S/C9H12O4.Ca/c1-5-2-3-6(8(10)11)7(4-5)9(12)13;/h2,6-7H,3-4H2,1H3,(H,10,11)(H,12,13);/q;+2/p-2. The molecule has 0 aromatic rings. The number of allylic oxidation sites excluding steroid dienone is 2. The number of carboxylic acid groups (broad SMARTS) is 2. The van der Waals surface area contributed by atoms with Gasteiger partial charge in [0.2, 0.25) is 0 Å². The first-order chi connectivity index (χ1) is 6.02. The van der Waals surface area contributed by atoms with Gasteiger partial charge in [-0.05, 0) is 19.8 Å². The molecule has 72 valence electrons. The predicted molar refractivity (Wildman–Crippen MR) is 45.7 cm³/mol. The van der Waals surface area contributed by atoms with E-state index < -0.39 is 23.8 Å². The molecule has 0 radical (unpaired) electrons. The fourth-order valence-electron chi connectivity index (χ4n) is 1.57. The largest absolute Gasteiger partial charge is 2.00 e. The zero-order chi connectivity index (χ0) is 10.0. The van der Waals surface area contributed by atoms with E-state index in [0.29, 0.717) is 0 Å². The molecule has 0 aromatic heterocycles. The molecule has 0 aliphatic heterocycles. The Bertz CT molecular complexity index is 272. The molecule has 0 aromatic carbocycles. The Labute approximate surface area is 112 Å². The molecule has 0 saturated carbocycles. The van der Waals surface area contributed by atoms with E-state index in [9.17, 15) is 19.8 Å². The van der Waals surface area contributed by atoms with Gasteiger partial charge in [0.15, 0.2) is 0 Å². The maximum atomic E-state index is 10.6. The summed E-state index contributed by atoms with van der Waals surface area (Å²) in [5.74, 6) is -4.48. The molecular weight excluding hydrogens is 212 g/mol. The Morgan fingerprint density at radius 1 is 1.29 bits per heavy atom. The molecule has 1 aliphatic carbocycles. The number of rotatable bonds is 2. The summed E-state index contributed by atoms with van der Waals surface area (Å²) in [5.41, 5.74) is 0.895. The van der Waals surface area contributed by atoms with E-state index in [4.69, 9.17) is 0 Å². The van der Waals surface area contributed by atoms with Crippen molar-refractivity contribution in [3.63, 3.8) is 0 Å². The van der Waals surface area contributed by atoms with Crippen molar-refractivity contribution in [1.82, 2.24) is 0 Å². The van der Waals surface area contributed by atoms with Crippen LogP contribution in [0.15, 0.2) is 11.6 Å². The number of hydrogen-bond donors (Lipinski definition) is 0. The summed E-state index contributed by atoms with van der Waals surface area (Å²) in [5, 5.41) is 21.1. The minimum Gasteiger partial charge on any atom is -0.550 e. The summed E-state index contributed by atoms with van der Waals surface area (Å²) in [6.07, 6.45) is 2.22. The fourth-order valence-corrected chi connectivity index (χ4v) is 1.57. The van der Waals surface area contributed by atoms with Crippen molar-refractivity contribution in [1.29, 1.82) is 0 Å². The molecular formula is C9H10CaO4. The van der Waals surface area contributed by atoms with E-state index in [1.54, 1.807) is 13.0 Å². The van der Waals surface area contributed by atoms with E-state index in [1.165, 1.54) is 0 Å². The van der Waals surface area contributed by atoms with Crippen LogP contribution in [0.1, 0.15) is 19.8 Å². The third kappa shape index (κ3) is 3.26. The van der Waals surface area contributed by atoms with Gasteiger partial charge in [-0.2, -0.15) is 0 Å². The van der Waals surface area contributed by atoms with Gasteiger partial charge in [0.1, 0.15) is 0 Å².